The third-order valence-corrected chi connectivity index (χ3v) is 7.86. The van der Waals surface area contributed by atoms with Gasteiger partial charge < -0.3 is 14.3 Å². The molecule has 0 radical (unpaired) electrons. The SMILES string of the molecule is COc1ccc(-c2coc3c(CN4CCN(S(=O)(=O)N(C)C)CC4)c(O)ccc3c2=O)cc1. The molecule has 1 aliphatic heterocycles. The number of rotatable bonds is 6. The lowest BCUT2D eigenvalue weighted by molar-refractivity contribution is 0.176. The van der Waals surface area contributed by atoms with Crippen molar-refractivity contribution in [1.82, 2.24) is 13.5 Å². The number of benzene rings is 2. The van der Waals surface area contributed by atoms with Crippen LogP contribution in [0.25, 0.3) is 22.1 Å². The van der Waals surface area contributed by atoms with E-state index in [1.165, 1.54) is 35.0 Å². The van der Waals surface area contributed by atoms with Gasteiger partial charge in [0.05, 0.1) is 23.6 Å². The van der Waals surface area contributed by atoms with Gasteiger partial charge >= 0.3 is 0 Å². The number of hydrogen-bond acceptors (Lipinski definition) is 7. The van der Waals surface area contributed by atoms with E-state index >= 15 is 0 Å². The molecule has 0 unspecified atom stereocenters. The molecule has 9 nitrogen and oxygen atoms in total. The topological polar surface area (TPSA) is 104 Å². The van der Waals surface area contributed by atoms with Crippen molar-refractivity contribution in [3.05, 3.63) is 58.4 Å². The standard InChI is InChI=1S/C23H27N3O6S/c1-24(2)33(29,30)26-12-10-25(11-13-26)14-19-21(27)9-8-18-22(28)20(15-32-23(18)19)16-4-6-17(31-3)7-5-16/h4-9,15,27H,10-14H2,1-3H3. The molecule has 2 heterocycles. The summed E-state index contributed by atoms with van der Waals surface area (Å²) in [6.45, 7) is 2.02. The van der Waals surface area contributed by atoms with Gasteiger partial charge in [-0.05, 0) is 29.8 Å². The molecule has 4 rings (SSSR count). The summed E-state index contributed by atoms with van der Waals surface area (Å²) >= 11 is 0. The molecule has 1 N–H and O–H groups in total. The number of piperazine rings is 1. The highest BCUT2D eigenvalue weighted by Gasteiger charge is 2.29. The van der Waals surface area contributed by atoms with Crippen LogP contribution in [0.5, 0.6) is 11.5 Å². The van der Waals surface area contributed by atoms with E-state index in [0.717, 1.165) is 0 Å². The minimum absolute atomic E-state index is 0.0335. The Morgan fingerprint density at radius 3 is 2.33 bits per heavy atom. The van der Waals surface area contributed by atoms with E-state index in [1.54, 1.807) is 37.4 Å². The van der Waals surface area contributed by atoms with Gasteiger partial charge in [-0.15, -0.1) is 0 Å². The Kier molecular flexibility index (Phi) is 6.44. The van der Waals surface area contributed by atoms with Gasteiger partial charge in [0.15, 0.2) is 0 Å². The highest BCUT2D eigenvalue weighted by atomic mass is 32.2. The Morgan fingerprint density at radius 2 is 1.73 bits per heavy atom. The highest BCUT2D eigenvalue weighted by molar-refractivity contribution is 7.86. The Balaban J connectivity index is 1.61. The van der Waals surface area contributed by atoms with E-state index < -0.39 is 10.2 Å². The maximum Gasteiger partial charge on any atom is 0.281 e. The number of ether oxygens (including phenoxy) is 1. The lowest BCUT2D eigenvalue weighted by atomic mass is 10.0. The van der Waals surface area contributed by atoms with Crippen LogP contribution in [0.1, 0.15) is 5.56 Å². The van der Waals surface area contributed by atoms with E-state index in [2.05, 4.69) is 0 Å². The monoisotopic (exact) mass is 473 g/mol. The zero-order valence-electron chi connectivity index (χ0n) is 18.8. The van der Waals surface area contributed by atoms with Crippen molar-refractivity contribution in [2.24, 2.45) is 0 Å². The molecule has 0 aliphatic carbocycles. The van der Waals surface area contributed by atoms with Crippen LogP contribution in [0.2, 0.25) is 0 Å². The van der Waals surface area contributed by atoms with Crippen LogP contribution in [0, 0.1) is 0 Å². The molecule has 2 aromatic carbocycles. The van der Waals surface area contributed by atoms with Crippen LogP contribution in [-0.4, -0.2) is 74.4 Å². The first kappa shape index (κ1) is 23.2. The molecule has 0 saturated carbocycles. The molecule has 1 fully saturated rings. The summed E-state index contributed by atoms with van der Waals surface area (Å²) in [7, 11) is 1.14. The smallest absolute Gasteiger partial charge is 0.281 e. The second-order valence-corrected chi connectivity index (χ2v) is 10.3. The molecule has 0 amide bonds. The van der Waals surface area contributed by atoms with E-state index in [4.69, 9.17) is 9.15 Å². The third kappa shape index (κ3) is 4.47. The summed E-state index contributed by atoms with van der Waals surface area (Å²) in [5, 5.41) is 10.9. The maximum atomic E-state index is 13.2. The normalized spacial score (nSPS) is 15.9. The number of nitrogens with zero attached hydrogens (tertiary/aromatic N) is 3. The van der Waals surface area contributed by atoms with Crippen LogP contribution in [0.4, 0.5) is 0 Å². The van der Waals surface area contributed by atoms with Crippen LogP contribution in [0.3, 0.4) is 0 Å². The minimum atomic E-state index is -3.46. The average molecular weight is 474 g/mol. The molecule has 1 saturated heterocycles. The number of fused-ring (bicyclic) bond motifs is 1. The Hall–Kier alpha value is -2.92. The van der Waals surface area contributed by atoms with Gasteiger partial charge in [-0.3, -0.25) is 9.69 Å². The summed E-state index contributed by atoms with van der Waals surface area (Å²) in [6.07, 6.45) is 1.41. The molecule has 0 bridgehead atoms. The second-order valence-electron chi connectivity index (χ2n) is 8.11. The molecule has 1 aliphatic rings. The molecule has 176 valence electrons. The van der Waals surface area contributed by atoms with Crippen molar-refractivity contribution in [2.45, 2.75) is 6.54 Å². The predicted molar refractivity (Wildman–Crippen MR) is 126 cm³/mol. The lowest BCUT2D eigenvalue weighted by Crippen LogP contribution is -2.51. The van der Waals surface area contributed by atoms with Gasteiger partial charge in [-0.25, -0.2) is 0 Å². The lowest BCUT2D eigenvalue weighted by Gasteiger charge is -2.35. The quantitative estimate of drug-likeness (QED) is 0.585. The molecule has 0 atom stereocenters. The van der Waals surface area contributed by atoms with Crippen molar-refractivity contribution < 1.29 is 22.7 Å². The Bertz CT molecular complexity index is 1310. The van der Waals surface area contributed by atoms with Gasteiger partial charge in [0, 0.05) is 46.8 Å². The predicted octanol–water partition coefficient (Wildman–Crippen LogP) is 2.10. The van der Waals surface area contributed by atoms with Crippen LogP contribution in [-0.2, 0) is 16.8 Å². The van der Waals surface area contributed by atoms with Crippen molar-refractivity contribution >= 4 is 21.2 Å². The van der Waals surface area contributed by atoms with Gasteiger partial charge in [-0.2, -0.15) is 17.0 Å². The Morgan fingerprint density at radius 1 is 1.06 bits per heavy atom. The molecule has 10 heteroatoms. The Labute approximate surface area is 192 Å². The van der Waals surface area contributed by atoms with Crippen molar-refractivity contribution in [3.63, 3.8) is 0 Å². The largest absolute Gasteiger partial charge is 0.507 e. The zero-order chi connectivity index (χ0) is 23.8. The first-order chi connectivity index (χ1) is 15.7. The van der Waals surface area contributed by atoms with Gasteiger partial charge in [0.1, 0.15) is 23.3 Å². The first-order valence-corrected chi connectivity index (χ1v) is 11.9. The van der Waals surface area contributed by atoms with Gasteiger partial charge in [0.25, 0.3) is 10.2 Å². The molecule has 0 spiro atoms. The van der Waals surface area contributed by atoms with E-state index in [1.807, 2.05) is 4.90 Å². The number of phenolic OH excluding ortho intramolecular Hbond substituents is 1. The van der Waals surface area contributed by atoms with Crippen molar-refractivity contribution in [3.8, 4) is 22.6 Å². The summed E-state index contributed by atoms with van der Waals surface area (Å²) in [5.41, 5.74) is 1.78. The first-order valence-electron chi connectivity index (χ1n) is 10.5. The van der Waals surface area contributed by atoms with Crippen LogP contribution in [0.15, 0.2) is 51.9 Å². The molecule has 3 aromatic rings. The van der Waals surface area contributed by atoms with E-state index in [0.29, 0.717) is 66.1 Å². The molecule has 1 aromatic heterocycles. The van der Waals surface area contributed by atoms with Gasteiger partial charge in [0.2, 0.25) is 5.43 Å². The summed E-state index contributed by atoms with van der Waals surface area (Å²) in [6, 6.07) is 10.2. The number of methoxy groups -OCH3 is 1. The number of aromatic hydroxyl groups is 1. The van der Waals surface area contributed by atoms with Gasteiger partial charge in [-0.1, -0.05) is 12.1 Å². The summed E-state index contributed by atoms with van der Waals surface area (Å²) in [4.78, 5) is 15.2. The number of hydrogen-bond donors (Lipinski definition) is 1. The fourth-order valence-corrected chi connectivity index (χ4v) is 5.03. The number of phenols is 1. The fourth-order valence-electron chi connectivity index (χ4n) is 3.94. The average Bonchev–Trinajstić information content (AvgIpc) is 2.81. The second kappa shape index (κ2) is 9.14. The zero-order valence-corrected chi connectivity index (χ0v) is 19.6. The van der Waals surface area contributed by atoms with Crippen LogP contribution < -0.4 is 10.2 Å². The van der Waals surface area contributed by atoms with E-state index in [9.17, 15) is 18.3 Å². The third-order valence-electron chi connectivity index (χ3n) is 5.92. The summed E-state index contributed by atoms with van der Waals surface area (Å²) < 4.78 is 38.4. The summed E-state index contributed by atoms with van der Waals surface area (Å²) in [5.74, 6) is 0.723. The van der Waals surface area contributed by atoms with Crippen LogP contribution >= 0.6 is 0 Å². The molecular weight excluding hydrogens is 446 g/mol. The van der Waals surface area contributed by atoms with Crippen molar-refractivity contribution in [1.29, 1.82) is 0 Å². The molecular formula is C23H27N3O6S. The van der Waals surface area contributed by atoms with E-state index in [-0.39, 0.29) is 11.2 Å². The highest BCUT2D eigenvalue weighted by Crippen LogP contribution is 2.30. The molecule has 33 heavy (non-hydrogen) atoms. The minimum Gasteiger partial charge on any atom is -0.507 e. The fraction of sp³-hybridized carbons (Fsp3) is 0.348. The maximum absolute atomic E-state index is 13.2. The van der Waals surface area contributed by atoms with Crippen molar-refractivity contribution in [2.75, 3.05) is 47.4 Å².